The van der Waals surface area contributed by atoms with Crippen molar-refractivity contribution in [1.29, 1.82) is 0 Å². The number of hydrogen-bond donors (Lipinski definition) is 1. The molecule has 0 unspecified atom stereocenters. The molecule has 2 N–H and O–H groups in total. The van der Waals surface area contributed by atoms with Crippen LogP contribution in [-0.2, 0) is 12.0 Å². The number of hydrogen-bond acceptors (Lipinski definition) is 3. The maximum absolute atomic E-state index is 5.83. The van der Waals surface area contributed by atoms with Gasteiger partial charge in [0.25, 0.3) is 0 Å². The fourth-order valence-corrected chi connectivity index (χ4v) is 2.01. The number of anilines is 1. The smallest absolute Gasteiger partial charge is 0.130 e. The van der Waals surface area contributed by atoms with Crippen molar-refractivity contribution in [3.8, 4) is 5.75 Å². The third-order valence-corrected chi connectivity index (χ3v) is 3.24. The fourth-order valence-electron chi connectivity index (χ4n) is 2.01. The summed E-state index contributed by atoms with van der Waals surface area (Å²) in [6, 6.07) is 11.9. The number of aryl methyl sites for hydroxylation is 1. The molecule has 0 aliphatic carbocycles. The van der Waals surface area contributed by atoms with Gasteiger partial charge in [-0.1, -0.05) is 39.0 Å². The van der Waals surface area contributed by atoms with Gasteiger partial charge in [-0.2, -0.15) is 0 Å². The lowest BCUT2D eigenvalue weighted by Crippen LogP contribution is -2.11. The molecule has 0 amide bonds. The summed E-state index contributed by atoms with van der Waals surface area (Å²) >= 11 is 0. The maximum Gasteiger partial charge on any atom is 0.130 e. The van der Waals surface area contributed by atoms with Crippen molar-refractivity contribution >= 4 is 5.82 Å². The summed E-state index contributed by atoms with van der Waals surface area (Å²) < 4.78 is 5.83. The Morgan fingerprint density at radius 3 is 2.50 bits per heavy atom. The van der Waals surface area contributed by atoms with Gasteiger partial charge < -0.3 is 10.5 Å². The molecule has 0 saturated carbocycles. The van der Waals surface area contributed by atoms with E-state index in [1.165, 1.54) is 5.56 Å². The number of nitrogens with two attached hydrogens (primary N) is 1. The molecule has 2 rings (SSSR count). The van der Waals surface area contributed by atoms with E-state index in [9.17, 15) is 0 Å². The number of pyridine rings is 1. The minimum Gasteiger partial charge on any atom is -0.487 e. The third-order valence-electron chi connectivity index (χ3n) is 3.24. The van der Waals surface area contributed by atoms with Crippen LogP contribution >= 0.6 is 0 Å². The number of aromatic nitrogens is 1. The first-order valence-electron chi connectivity index (χ1n) is 6.81. The molecule has 0 saturated heterocycles. The van der Waals surface area contributed by atoms with E-state index in [4.69, 9.17) is 10.5 Å². The van der Waals surface area contributed by atoms with Crippen LogP contribution in [0.3, 0.4) is 0 Å². The molecular formula is C17H22N2O. The van der Waals surface area contributed by atoms with E-state index in [1.807, 2.05) is 18.2 Å². The quantitative estimate of drug-likeness (QED) is 0.921. The van der Waals surface area contributed by atoms with Gasteiger partial charge in [-0.3, -0.25) is 0 Å². The number of nitrogens with zero attached hydrogens (tertiary/aromatic N) is 1. The van der Waals surface area contributed by atoms with E-state index in [2.05, 4.69) is 44.8 Å². The van der Waals surface area contributed by atoms with Gasteiger partial charge >= 0.3 is 0 Å². The van der Waals surface area contributed by atoms with E-state index in [0.717, 1.165) is 17.0 Å². The Hall–Kier alpha value is -2.03. The van der Waals surface area contributed by atoms with E-state index in [0.29, 0.717) is 12.4 Å². The SMILES string of the molecule is Cc1cc(C(C)(C)C)ccc1OCc1cccc(N)n1. The van der Waals surface area contributed by atoms with Crippen molar-refractivity contribution in [3.05, 3.63) is 53.2 Å². The van der Waals surface area contributed by atoms with Crippen LogP contribution in [0.5, 0.6) is 5.75 Å². The molecule has 0 aliphatic heterocycles. The number of ether oxygens (including phenoxy) is 1. The fraction of sp³-hybridized carbons (Fsp3) is 0.353. The average molecular weight is 270 g/mol. The van der Waals surface area contributed by atoms with Crippen LogP contribution in [0.1, 0.15) is 37.6 Å². The molecule has 1 heterocycles. The predicted octanol–water partition coefficient (Wildman–Crippen LogP) is 3.85. The molecule has 2 aromatic rings. The third kappa shape index (κ3) is 3.50. The monoisotopic (exact) mass is 270 g/mol. The average Bonchev–Trinajstić information content (AvgIpc) is 2.36. The summed E-state index contributed by atoms with van der Waals surface area (Å²) in [5, 5.41) is 0. The Morgan fingerprint density at radius 2 is 1.90 bits per heavy atom. The Labute approximate surface area is 120 Å². The highest BCUT2D eigenvalue weighted by Gasteiger charge is 2.14. The highest BCUT2D eigenvalue weighted by atomic mass is 16.5. The van der Waals surface area contributed by atoms with E-state index in [-0.39, 0.29) is 5.41 Å². The zero-order valence-electron chi connectivity index (χ0n) is 12.6. The van der Waals surface area contributed by atoms with E-state index < -0.39 is 0 Å². The first-order chi connectivity index (χ1) is 9.36. The van der Waals surface area contributed by atoms with Gasteiger partial charge in [-0.25, -0.2) is 4.98 Å². The van der Waals surface area contributed by atoms with Crippen LogP contribution in [0, 0.1) is 6.92 Å². The number of rotatable bonds is 3. The molecule has 1 aromatic carbocycles. The summed E-state index contributed by atoms with van der Waals surface area (Å²) in [6.07, 6.45) is 0. The minimum atomic E-state index is 0.152. The molecule has 0 atom stereocenters. The molecule has 20 heavy (non-hydrogen) atoms. The van der Waals surface area contributed by atoms with Crippen molar-refractivity contribution < 1.29 is 4.74 Å². The van der Waals surface area contributed by atoms with Gasteiger partial charge in [-0.15, -0.1) is 0 Å². The van der Waals surface area contributed by atoms with Crippen LogP contribution < -0.4 is 10.5 Å². The minimum absolute atomic E-state index is 0.152. The lowest BCUT2D eigenvalue weighted by atomic mass is 9.86. The predicted molar refractivity (Wildman–Crippen MR) is 82.9 cm³/mol. The van der Waals surface area contributed by atoms with E-state index in [1.54, 1.807) is 6.07 Å². The molecular weight excluding hydrogens is 248 g/mol. The topological polar surface area (TPSA) is 48.1 Å². The zero-order chi connectivity index (χ0) is 14.8. The van der Waals surface area contributed by atoms with Gasteiger partial charge in [0.05, 0.1) is 5.69 Å². The first-order valence-corrected chi connectivity index (χ1v) is 6.81. The summed E-state index contributed by atoms with van der Waals surface area (Å²) in [6.45, 7) is 9.12. The number of benzene rings is 1. The van der Waals surface area contributed by atoms with Crippen LogP contribution in [0.15, 0.2) is 36.4 Å². The van der Waals surface area contributed by atoms with Crippen LogP contribution in [0.2, 0.25) is 0 Å². The molecule has 1 aromatic heterocycles. The van der Waals surface area contributed by atoms with Crippen LogP contribution in [0.25, 0.3) is 0 Å². The normalized spacial score (nSPS) is 11.4. The van der Waals surface area contributed by atoms with Crippen molar-refractivity contribution in [2.24, 2.45) is 0 Å². The van der Waals surface area contributed by atoms with E-state index >= 15 is 0 Å². The maximum atomic E-state index is 5.83. The molecule has 3 nitrogen and oxygen atoms in total. The van der Waals surface area contributed by atoms with Gasteiger partial charge in [0, 0.05) is 0 Å². The Balaban J connectivity index is 2.11. The summed E-state index contributed by atoms with van der Waals surface area (Å²) in [4.78, 5) is 4.23. The Kier molecular flexibility index (Phi) is 3.98. The molecule has 0 spiro atoms. The molecule has 106 valence electrons. The Bertz CT molecular complexity index is 600. The second kappa shape index (κ2) is 5.53. The highest BCUT2D eigenvalue weighted by Crippen LogP contribution is 2.27. The zero-order valence-corrected chi connectivity index (χ0v) is 12.6. The standard InChI is InChI=1S/C17H22N2O/c1-12-10-13(17(2,3)4)8-9-15(12)20-11-14-6-5-7-16(18)19-14/h5-10H,11H2,1-4H3,(H2,18,19). The first kappa shape index (κ1) is 14.4. The highest BCUT2D eigenvalue weighted by molar-refractivity contribution is 5.39. The van der Waals surface area contributed by atoms with Gasteiger partial charge in [0.15, 0.2) is 0 Å². The van der Waals surface area contributed by atoms with Gasteiger partial charge in [-0.05, 0) is 41.7 Å². The number of nitrogen functional groups attached to an aromatic ring is 1. The van der Waals surface area contributed by atoms with Gasteiger partial charge in [0.1, 0.15) is 18.2 Å². The van der Waals surface area contributed by atoms with Crippen molar-refractivity contribution in [3.63, 3.8) is 0 Å². The summed E-state index contributed by atoms with van der Waals surface area (Å²) in [5.74, 6) is 1.41. The van der Waals surface area contributed by atoms with Crippen LogP contribution in [0.4, 0.5) is 5.82 Å². The summed E-state index contributed by atoms with van der Waals surface area (Å²) in [7, 11) is 0. The Morgan fingerprint density at radius 1 is 1.15 bits per heavy atom. The summed E-state index contributed by atoms with van der Waals surface area (Å²) in [5.41, 5.74) is 9.10. The lowest BCUT2D eigenvalue weighted by molar-refractivity contribution is 0.299. The second-order valence-corrected chi connectivity index (χ2v) is 6.07. The molecule has 0 bridgehead atoms. The molecule has 0 fully saturated rings. The lowest BCUT2D eigenvalue weighted by Gasteiger charge is -2.20. The largest absolute Gasteiger partial charge is 0.487 e. The van der Waals surface area contributed by atoms with Crippen molar-refractivity contribution in [2.45, 2.75) is 39.7 Å². The molecule has 0 radical (unpaired) electrons. The van der Waals surface area contributed by atoms with Crippen molar-refractivity contribution in [1.82, 2.24) is 4.98 Å². The van der Waals surface area contributed by atoms with Crippen LogP contribution in [-0.4, -0.2) is 4.98 Å². The molecule has 3 heteroatoms. The van der Waals surface area contributed by atoms with Crippen molar-refractivity contribution in [2.75, 3.05) is 5.73 Å². The van der Waals surface area contributed by atoms with Gasteiger partial charge in [0.2, 0.25) is 0 Å². The second-order valence-electron chi connectivity index (χ2n) is 6.07. The molecule has 0 aliphatic rings.